The van der Waals surface area contributed by atoms with E-state index in [1.807, 2.05) is 44.2 Å². The highest BCUT2D eigenvalue weighted by Gasteiger charge is 2.18. The SMILES string of the molecule is Cc1oc(-c2ccc(OC(C)C)cc2)nc1Cn1c(=O)c2cnc(-c3cccnc3)nc2n(C)c1=O. The minimum atomic E-state index is -0.512. The van der Waals surface area contributed by atoms with E-state index >= 15 is 0 Å². The lowest BCUT2D eigenvalue weighted by Gasteiger charge is -2.10. The van der Waals surface area contributed by atoms with Crippen molar-refractivity contribution in [3.8, 4) is 28.6 Å². The van der Waals surface area contributed by atoms with Crippen LogP contribution < -0.4 is 16.0 Å². The molecule has 5 aromatic rings. The summed E-state index contributed by atoms with van der Waals surface area (Å²) >= 11 is 0. The van der Waals surface area contributed by atoms with Gasteiger partial charge in [0.15, 0.2) is 11.5 Å². The van der Waals surface area contributed by atoms with Crippen LogP contribution in [0.1, 0.15) is 25.3 Å². The molecule has 0 spiro atoms. The van der Waals surface area contributed by atoms with Gasteiger partial charge in [-0.05, 0) is 57.2 Å². The molecule has 0 unspecified atom stereocenters. The van der Waals surface area contributed by atoms with Gasteiger partial charge in [-0.25, -0.2) is 19.7 Å². The van der Waals surface area contributed by atoms with Crippen LogP contribution in [0.15, 0.2) is 69.0 Å². The van der Waals surface area contributed by atoms with E-state index in [9.17, 15) is 9.59 Å². The first kappa shape index (κ1) is 23.2. The maximum atomic E-state index is 13.3. The summed E-state index contributed by atoms with van der Waals surface area (Å²) in [4.78, 5) is 43.8. The van der Waals surface area contributed by atoms with Crippen molar-refractivity contribution >= 4 is 11.0 Å². The van der Waals surface area contributed by atoms with Crippen LogP contribution in [0, 0.1) is 6.92 Å². The molecule has 10 heteroatoms. The number of aryl methyl sites for hydroxylation is 2. The van der Waals surface area contributed by atoms with E-state index in [0.29, 0.717) is 28.7 Å². The van der Waals surface area contributed by atoms with Crippen LogP contribution in [-0.4, -0.2) is 35.2 Å². The van der Waals surface area contributed by atoms with Crippen molar-refractivity contribution in [1.29, 1.82) is 0 Å². The number of fused-ring (bicyclic) bond motifs is 1. The maximum Gasteiger partial charge on any atom is 0.332 e. The Kier molecular flexibility index (Phi) is 5.93. The molecule has 0 atom stereocenters. The number of ether oxygens (including phenoxy) is 1. The van der Waals surface area contributed by atoms with Crippen molar-refractivity contribution in [2.45, 2.75) is 33.4 Å². The molecule has 0 fully saturated rings. The Bertz CT molecular complexity index is 1670. The second-order valence-electron chi connectivity index (χ2n) is 8.62. The Balaban J connectivity index is 1.50. The topological polar surface area (TPSA) is 118 Å². The third-order valence-corrected chi connectivity index (χ3v) is 5.67. The van der Waals surface area contributed by atoms with E-state index in [1.54, 1.807) is 32.4 Å². The van der Waals surface area contributed by atoms with Gasteiger partial charge in [0.25, 0.3) is 5.56 Å². The molecule has 182 valence electrons. The zero-order chi connectivity index (χ0) is 25.4. The standard InChI is InChI=1S/C26H24N6O4/c1-15(2)35-19-9-7-17(8-10-19)24-29-21(16(3)36-24)14-32-25(33)20-13-28-22(18-6-5-11-27-12-18)30-23(20)31(4)26(32)34/h5-13,15H,14H2,1-4H3. The lowest BCUT2D eigenvalue weighted by atomic mass is 10.2. The van der Waals surface area contributed by atoms with Gasteiger partial charge in [-0.2, -0.15) is 0 Å². The summed E-state index contributed by atoms with van der Waals surface area (Å²) in [5, 5.41) is 0.229. The van der Waals surface area contributed by atoms with Crippen LogP contribution in [-0.2, 0) is 13.6 Å². The minimum absolute atomic E-state index is 0.0460. The predicted molar refractivity (Wildman–Crippen MR) is 134 cm³/mol. The number of nitrogens with zero attached hydrogens (tertiary/aromatic N) is 6. The Labute approximate surface area is 205 Å². The van der Waals surface area contributed by atoms with E-state index in [2.05, 4.69) is 19.9 Å². The first-order valence-corrected chi connectivity index (χ1v) is 11.4. The molecule has 0 aliphatic rings. The smallest absolute Gasteiger partial charge is 0.332 e. The molecule has 4 aromatic heterocycles. The fourth-order valence-corrected chi connectivity index (χ4v) is 3.85. The molecule has 0 radical (unpaired) electrons. The van der Waals surface area contributed by atoms with Gasteiger partial charge in [-0.1, -0.05) is 0 Å². The quantitative estimate of drug-likeness (QED) is 0.360. The van der Waals surface area contributed by atoms with Gasteiger partial charge in [-0.3, -0.25) is 18.9 Å². The number of hydrogen-bond acceptors (Lipinski definition) is 8. The Morgan fingerprint density at radius 3 is 2.50 bits per heavy atom. The fourth-order valence-electron chi connectivity index (χ4n) is 3.85. The molecule has 0 aliphatic carbocycles. The third kappa shape index (κ3) is 4.28. The summed E-state index contributed by atoms with van der Waals surface area (Å²) in [6.07, 6.45) is 4.77. The lowest BCUT2D eigenvalue weighted by Crippen LogP contribution is -2.40. The highest BCUT2D eigenvalue weighted by atomic mass is 16.5. The zero-order valence-corrected chi connectivity index (χ0v) is 20.3. The highest BCUT2D eigenvalue weighted by molar-refractivity contribution is 5.75. The molecule has 36 heavy (non-hydrogen) atoms. The summed E-state index contributed by atoms with van der Waals surface area (Å²) in [5.41, 5.74) is 1.17. The summed E-state index contributed by atoms with van der Waals surface area (Å²) in [5.74, 6) is 2.04. The van der Waals surface area contributed by atoms with Crippen LogP contribution in [0.2, 0.25) is 0 Å². The molecule has 5 rings (SSSR count). The minimum Gasteiger partial charge on any atom is -0.491 e. The van der Waals surface area contributed by atoms with Crippen molar-refractivity contribution in [3.63, 3.8) is 0 Å². The van der Waals surface area contributed by atoms with Gasteiger partial charge >= 0.3 is 5.69 Å². The third-order valence-electron chi connectivity index (χ3n) is 5.67. The zero-order valence-electron chi connectivity index (χ0n) is 20.3. The van der Waals surface area contributed by atoms with Crippen LogP contribution in [0.25, 0.3) is 33.9 Å². The molecule has 0 saturated carbocycles. The molecule has 0 N–H and O–H groups in total. The molecular formula is C26H24N6O4. The van der Waals surface area contributed by atoms with E-state index in [4.69, 9.17) is 9.15 Å². The summed E-state index contributed by atoms with van der Waals surface area (Å²) in [7, 11) is 1.57. The predicted octanol–water partition coefficient (Wildman–Crippen LogP) is 3.35. The number of aromatic nitrogens is 6. The number of benzene rings is 1. The van der Waals surface area contributed by atoms with Gasteiger partial charge in [0.2, 0.25) is 5.89 Å². The fraction of sp³-hybridized carbons (Fsp3) is 0.231. The number of oxazole rings is 1. The van der Waals surface area contributed by atoms with Crippen molar-refractivity contribution in [1.82, 2.24) is 29.1 Å². The summed E-state index contributed by atoms with van der Waals surface area (Å²) in [6, 6.07) is 11.0. The van der Waals surface area contributed by atoms with E-state index in [-0.39, 0.29) is 23.7 Å². The van der Waals surface area contributed by atoms with E-state index in [0.717, 1.165) is 15.9 Å². The second-order valence-corrected chi connectivity index (χ2v) is 8.62. The second kappa shape index (κ2) is 9.21. The van der Waals surface area contributed by atoms with Gasteiger partial charge in [-0.15, -0.1) is 0 Å². The molecule has 1 aromatic carbocycles. The van der Waals surface area contributed by atoms with Crippen LogP contribution in [0.4, 0.5) is 0 Å². The van der Waals surface area contributed by atoms with E-state index in [1.165, 1.54) is 10.8 Å². The Morgan fingerprint density at radius 1 is 1.03 bits per heavy atom. The molecule has 0 bridgehead atoms. The highest BCUT2D eigenvalue weighted by Crippen LogP contribution is 2.25. The molecule has 0 amide bonds. The van der Waals surface area contributed by atoms with Gasteiger partial charge in [0.1, 0.15) is 22.6 Å². The maximum absolute atomic E-state index is 13.3. The number of rotatable bonds is 6. The van der Waals surface area contributed by atoms with Crippen LogP contribution in [0.3, 0.4) is 0 Å². The van der Waals surface area contributed by atoms with Gasteiger partial charge in [0.05, 0.1) is 12.6 Å². The molecular weight excluding hydrogens is 460 g/mol. The Morgan fingerprint density at radius 2 is 1.81 bits per heavy atom. The molecule has 10 nitrogen and oxygen atoms in total. The van der Waals surface area contributed by atoms with Crippen LogP contribution in [0.5, 0.6) is 5.75 Å². The molecule has 4 heterocycles. The Hall–Kier alpha value is -4.60. The summed E-state index contributed by atoms with van der Waals surface area (Å²) in [6.45, 7) is 5.63. The first-order valence-electron chi connectivity index (χ1n) is 11.4. The van der Waals surface area contributed by atoms with Gasteiger partial charge < -0.3 is 9.15 Å². The van der Waals surface area contributed by atoms with Crippen molar-refractivity contribution in [2.75, 3.05) is 0 Å². The molecule has 0 aliphatic heterocycles. The number of hydrogen-bond donors (Lipinski definition) is 0. The van der Waals surface area contributed by atoms with Crippen molar-refractivity contribution < 1.29 is 9.15 Å². The average molecular weight is 485 g/mol. The first-order chi connectivity index (χ1) is 17.3. The van der Waals surface area contributed by atoms with E-state index < -0.39 is 11.2 Å². The largest absolute Gasteiger partial charge is 0.491 e. The van der Waals surface area contributed by atoms with Crippen molar-refractivity contribution in [3.05, 3.63) is 87.3 Å². The molecule has 0 saturated heterocycles. The normalized spacial score (nSPS) is 11.4. The number of pyridine rings is 1. The average Bonchev–Trinajstić information content (AvgIpc) is 3.25. The summed E-state index contributed by atoms with van der Waals surface area (Å²) < 4.78 is 14.0. The van der Waals surface area contributed by atoms with Gasteiger partial charge in [0, 0.05) is 36.8 Å². The monoisotopic (exact) mass is 484 g/mol. The van der Waals surface area contributed by atoms with Crippen LogP contribution >= 0.6 is 0 Å². The van der Waals surface area contributed by atoms with Crippen molar-refractivity contribution in [2.24, 2.45) is 7.05 Å². The lowest BCUT2D eigenvalue weighted by molar-refractivity contribution is 0.242.